The van der Waals surface area contributed by atoms with E-state index in [1.165, 1.54) is 9.63 Å². The molecule has 1 aliphatic heterocycles. The van der Waals surface area contributed by atoms with E-state index in [-0.39, 0.29) is 11.4 Å². The minimum atomic E-state index is -3.79. The Kier molecular flexibility index (Phi) is 4.36. The number of hydrogen-bond acceptors (Lipinski definition) is 6. The van der Waals surface area contributed by atoms with Crippen LogP contribution in [0.15, 0.2) is 46.1 Å². The van der Waals surface area contributed by atoms with Gasteiger partial charge in [-0.25, -0.2) is 0 Å². The fraction of sp³-hybridized carbons (Fsp3) is 0.312. The van der Waals surface area contributed by atoms with Crippen molar-refractivity contribution in [2.24, 2.45) is 0 Å². The molecule has 4 rings (SSSR count). The van der Waals surface area contributed by atoms with Crippen LogP contribution in [0.2, 0.25) is 0 Å². The number of hydrogen-bond donors (Lipinski definition) is 2. The monoisotopic (exact) mass is 445 g/mol. The summed E-state index contributed by atoms with van der Waals surface area (Å²) in [5, 5.41) is 19.1. The molecule has 0 radical (unpaired) electrons. The van der Waals surface area contributed by atoms with Gasteiger partial charge in [0.1, 0.15) is 0 Å². The third-order valence-electron chi connectivity index (χ3n) is 4.33. The van der Waals surface area contributed by atoms with Gasteiger partial charge in [0.05, 0.1) is 0 Å². The van der Waals surface area contributed by atoms with Crippen LogP contribution >= 0.6 is 0 Å². The number of alkyl halides is 2. The first-order valence-electron chi connectivity index (χ1n) is 7.87. The third-order valence-corrected chi connectivity index (χ3v) is 6.61. The van der Waals surface area contributed by atoms with Crippen molar-refractivity contribution in [2.45, 2.75) is 24.4 Å². The summed E-state index contributed by atoms with van der Waals surface area (Å²) in [6.45, 7) is -0.823. The zero-order chi connectivity index (χ0) is 19.3. The van der Waals surface area contributed by atoms with E-state index >= 15 is 0 Å². The van der Waals surface area contributed by atoms with E-state index in [4.69, 9.17) is 9.84 Å². The SMILES string of the molecule is O=c1nc(-n2[se]c3ccccc3c2=O)ccn1C1O[C@H](CO)[C@@H](O)C1(F)F. The number of aromatic nitrogens is 3. The molecule has 3 atom stereocenters. The second-order valence-electron chi connectivity index (χ2n) is 5.99. The Morgan fingerprint density at radius 1 is 1.26 bits per heavy atom. The van der Waals surface area contributed by atoms with Gasteiger partial charge in [-0.05, 0) is 0 Å². The summed E-state index contributed by atoms with van der Waals surface area (Å²) < 4.78 is 36.1. The van der Waals surface area contributed by atoms with E-state index in [1.54, 1.807) is 24.3 Å². The Morgan fingerprint density at radius 3 is 2.63 bits per heavy atom. The fourth-order valence-corrected chi connectivity index (χ4v) is 4.96. The summed E-state index contributed by atoms with van der Waals surface area (Å²) >= 11 is -0.425. The predicted molar refractivity (Wildman–Crippen MR) is 90.5 cm³/mol. The van der Waals surface area contributed by atoms with Gasteiger partial charge in [0.25, 0.3) is 0 Å². The zero-order valence-corrected chi connectivity index (χ0v) is 15.2. The van der Waals surface area contributed by atoms with Crippen LogP contribution in [0, 0.1) is 0 Å². The molecule has 1 unspecified atom stereocenters. The van der Waals surface area contributed by atoms with E-state index in [1.807, 2.05) is 0 Å². The molecule has 1 fully saturated rings. The molecule has 0 spiro atoms. The first-order valence-corrected chi connectivity index (χ1v) is 9.49. The van der Waals surface area contributed by atoms with Gasteiger partial charge < -0.3 is 0 Å². The van der Waals surface area contributed by atoms with Crippen LogP contribution in [0.3, 0.4) is 0 Å². The van der Waals surface area contributed by atoms with Gasteiger partial charge >= 0.3 is 155 Å². The average molecular weight is 444 g/mol. The van der Waals surface area contributed by atoms with Crippen molar-refractivity contribution in [3.05, 3.63) is 57.4 Å². The quantitative estimate of drug-likeness (QED) is 0.528. The molecule has 0 saturated carbocycles. The van der Waals surface area contributed by atoms with Gasteiger partial charge in [0.2, 0.25) is 0 Å². The number of rotatable bonds is 3. The second-order valence-corrected chi connectivity index (χ2v) is 8.06. The fourth-order valence-electron chi connectivity index (χ4n) is 2.94. The molecule has 0 bridgehead atoms. The summed E-state index contributed by atoms with van der Waals surface area (Å²) in [5.41, 5.74) is -1.36. The van der Waals surface area contributed by atoms with Crippen molar-refractivity contribution < 1.29 is 23.7 Å². The summed E-state index contributed by atoms with van der Waals surface area (Å²) in [6.07, 6.45) is -4.83. The van der Waals surface area contributed by atoms with Crippen molar-refractivity contribution in [3.63, 3.8) is 0 Å². The molecule has 2 aromatic heterocycles. The Bertz CT molecular complexity index is 1120. The molecule has 0 amide bonds. The van der Waals surface area contributed by atoms with Crippen LogP contribution in [-0.4, -0.2) is 62.8 Å². The molecule has 8 nitrogen and oxygen atoms in total. The topological polar surface area (TPSA) is 107 Å². The van der Waals surface area contributed by atoms with E-state index < -0.39 is 51.4 Å². The van der Waals surface area contributed by atoms with E-state index in [9.17, 15) is 23.5 Å². The molecule has 1 aliphatic rings. The molecule has 1 aromatic carbocycles. The van der Waals surface area contributed by atoms with Gasteiger partial charge in [-0.3, -0.25) is 0 Å². The standard InChI is InChI=1S/C16H13F2N3O5Se/c17-16(18)12(23)9(7-22)26-14(16)20-6-5-11(19-15(20)25)21-13(24)8-3-1-2-4-10(8)27-21/h1-6,9,12,14,22-23H,7H2/t9-,12-,14?/m1/s1. The number of fused-ring (bicyclic) bond motifs is 1. The van der Waals surface area contributed by atoms with Crippen LogP contribution in [0.5, 0.6) is 0 Å². The maximum absolute atomic E-state index is 14.2. The van der Waals surface area contributed by atoms with Crippen LogP contribution in [0.1, 0.15) is 6.23 Å². The zero-order valence-electron chi connectivity index (χ0n) is 13.5. The van der Waals surface area contributed by atoms with Crippen LogP contribution in [0.4, 0.5) is 8.78 Å². The predicted octanol–water partition coefficient (Wildman–Crippen LogP) is -0.510. The number of benzene rings is 1. The van der Waals surface area contributed by atoms with Crippen LogP contribution in [0.25, 0.3) is 15.5 Å². The summed E-state index contributed by atoms with van der Waals surface area (Å²) in [4.78, 5) is 28.5. The molecule has 2 N–H and O–H groups in total. The van der Waals surface area contributed by atoms with Gasteiger partial charge in [-0.1, -0.05) is 0 Å². The van der Waals surface area contributed by atoms with Gasteiger partial charge in [-0.2, -0.15) is 0 Å². The van der Waals surface area contributed by atoms with Gasteiger partial charge in [-0.15, -0.1) is 0 Å². The van der Waals surface area contributed by atoms with Crippen molar-refractivity contribution in [1.82, 2.24) is 13.1 Å². The number of aliphatic hydroxyl groups excluding tert-OH is 2. The number of halogens is 2. The minimum absolute atomic E-state index is 0.0537. The molecular weight excluding hydrogens is 431 g/mol. The second kappa shape index (κ2) is 6.47. The summed E-state index contributed by atoms with van der Waals surface area (Å²) in [7, 11) is 0. The first-order chi connectivity index (χ1) is 12.8. The molecule has 11 heteroatoms. The van der Waals surface area contributed by atoms with Crippen molar-refractivity contribution in [1.29, 1.82) is 0 Å². The first kappa shape index (κ1) is 18.2. The van der Waals surface area contributed by atoms with Crippen molar-refractivity contribution in [2.75, 3.05) is 6.61 Å². The normalized spacial score (nSPS) is 24.5. The van der Waals surface area contributed by atoms with Crippen molar-refractivity contribution >= 4 is 24.4 Å². The van der Waals surface area contributed by atoms with Gasteiger partial charge in [0.15, 0.2) is 0 Å². The molecule has 142 valence electrons. The maximum atomic E-state index is 14.2. The molecule has 3 aromatic rings. The van der Waals surface area contributed by atoms with Crippen LogP contribution < -0.4 is 11.2 Å². The Morgan fingerprint density at radius 2 is 2.00 bits per heavy atom. The summed E-state index contributed by atoms with van der Waals surface area (Å²) in [6, 6.07) is 8.27. The summed E-state index contributed by atoms with van der Waals surface area (Å²) in [5.74, 6) is -3.73. The molecule has 3 heterocycles. The molecule has 0 aliphatic carbocycles. The average Bonchev–Trinajstić information content (AvgIpc) is 3.10. The van der Waals surface area contributed by atoms with E-state index in [2.05, 4.69) is 4.98 Å². The van der Waals surface area contributed by atoms with E-state index in [0.29, 0.717) is 9.95 Å². The van der Waals surface area contributed by atoms with Crippen LogP contribution in [-0.2, 0) is 4.74 Å². The molecular formula is C16H13F2N3O5Se. The van der Waals surface area contributed by atoms with E-state index in [0.717, 1.165) is 10.5 Å². The number of ether oxygens (including phenoxy) is 1. The Labute approximate surface area is 155 Å². The Hall–Kier alpha value is -2.17. The molecule has 27 heavy (non-hydrogen) atoms. The van der Waals surface area contributed by atoms with Gasteiger partial charge in [0, 0.05) is 0 Å². The molecule has 1 saturated heterocycles. The Balaban J connectivity index is 1.76. The number of aliphatic hydroxyl groups is 2. The number of nitrogens with zero attached hydrogens (tertiary/aromatic N) is 3. The third kappa shape index (κ3) is 2.79. The van der Waals surface area contributed by atoms with Crippen molar-refractivity contribution in [3.8, 4) is 5.82 Å².